The van der Waals surface area contributed by atoms with Crippen molar-refractivity contribution in [2.75, 3.05) is 19.6 Å². The molecule has 0 saturated carbocycles. The van der Waals surface area contributed by atoms with Gasteiger partial charge < -0.3 is 14.6 Å². The Morgan fingerprint density at radius 2 is 2.21 bits per heavy atom. The summed E-state index contributed by atoms with van der Waals surface area (Å²) in [5.74, 6) is 0.565. The van der Waals surface area contributed by atoms with Gasteiger partial charge in [0.2, 0.25) is 5.91 Å². The summed E-state index contributed by atoms with van der Waals surface area (Å²) in [6.07, 6.45) is 5.71. The van der Waals surface area contributed by atoms with E-state index in [4.69, 9.17) is 4.42 Å². The standard InChI is InChI=1S/C23H27N3O2.ClH/c1-15(2)19-11-20-18(14-28-22(20)9-16(19)3)10-23(27)26-8-7-25-13-21(26)17-5-4-6-24-12-17;/h4-6,9,11-12,14-15,21,25H,7-8,10,13H2,1-3H3;1H. The van der Waals surface area contributed by atoms with Crippen molar-refractivity contribution in [1.29, 1.82) is 0 Å². The molecular weight excluding hydrogens is 386 g/mol. The van der Waals surface area contributed by atoms with E-state index in [1.54, 1.807) is 12.5 Å². The minimum Gasteiger partial charge on any atom is -0.464 e. The fraction of sp³-hybridized carbons (Fsp3) is 0.391. The number of carbonyl (C=O) groups excluding carboxylic acids is 1. The molecule has 4 rings (SSSR count). The molecule has 3 heterocycles. The van der Waals surface area contributed by atoms with Crippen molar-refractivity contribution >= 4 is 29.3 Å². The predicted molar refractivity (Wildman–Crippen MR) is 118 cm³/mol. The Hall–Kier alpha value is -2.37. The van der Waals surface area contributed by atoms with Crippen LogP contribution in [0.1, 0.15) is 48.1 Å². The highest BCUT2D eigenvalue weighted by molar-refractivity contribution is 5.89. The van der Waals surface area contributed by atoms with Crippen LogP contribution in [0.25, 0.3) is 11.0 Å². The minimum atomic E-state index is 0. The predicted octanol–water partition coefficient (Wildman–Crippen LogP) is 4.40. The number of nitrogens with one attached hydrogen (secondary N) is 1. The van der Waals surface area contributed by atoms with Crippen LogP contribution in [-0.4, -0.2) is 35.4 Å². The molecule has 0 aliphatic carbocycles. The number of pyridine rings is 1. The number of benzene rings is 1. The molecule has 1 amide bonds. The van der Waals surface area contributed by atoms with Crippen LogP contribution in [0.3, 0.4) is 0 Å². The molecule has 1 unspecified atom stereocenters. The van der Waals surface area contributed by atoms with E-state index in [2.05, 4.69) is 43.2 Å². The molecule has 0 bridgehead atoms. The number of nitrogens with zero attached hydrogens (tertiary/aromatic N) is 2. The second-order valence-corrected chi connectivity index (χ2v) is 7.89. The first-order chi connectivity index (χ1) is 13.5. The zero-order valence-corrected chi connectivity index (χ0v) is 18.0. The number of halogens is 1. The van der Waals surface area contributed by atoms with Crippen molar-refractivity contribution < 1.29 is 9.21 Å². The van der Waals surface area contributed by atoms with E-state index in [-0.39, 0.29) is 24.4 Å². The summed E-state index contributed by atoms with van der Waals surface area (Å²) < 4.78 is 5.77. The largest absolute Gasteiger partial charge is 0.464 e. The summed E-state index contributed by atoms with van der Waals surface area (Å²) in [4.78, 5) is 19.4. The van der Waals surface area contributed by atoms with Crippen LogP contribution in [0.15, 0.2) is 47.3 Å². The molecule has 1 fully saturated rings. The summed E-state index contributed by atoms with van der Waals surface area (Å²) >= 11 is 0. The number of fused-ring (bicyclic) bond motifs is 1. The van der Waals surface area contributed by atoms with Gasteiger partial charge in [0.25, 0.3) is 0 Å². The molecule has 1 aliphatic rings. The Bertz CT molecular complexity index is 984. The van der Waals surface area contributed by atoms with Gasteiger partial charge in [-0.3, -0.25) is 9.78 Å². The highest BCUT2D eigenvalue weighted by Gasteiger charge is 2.28. The van der Waals surface area contributed by atoms with Crippen LogP contribution < -0.4 is 5.32 Å². The van der Waals surface area contributed by atoms with E-state index < -0.39 is 0 Å². The average Bonchev–Trinajstić information content (AvgIpc) is 3.09. The van der Waals surface area contributed by atoms with Crippen LogP contribution in [0.5, 0.6) is 0 Å². The highest BCUT2D eigenvalue weighted by Crippen LogP contribution is 2.30. The number of aromatic nitrogens is 1. The summed E-state index contributed by atoms with van der Waals surface area (Å²) in [6.45, 7) is 8.76. The second kappa shape index (κ2) is 8.97. The average molecular weight is 414 g/mol. The number of carbonyl (C=O) groups is 1. The number of furan rings is 1. The molecule has 2 aromatic heterocycles. The van der Waals surface area contributed by atoms with E-state index in [1.165, 1.54) is 11.1 Å². The van der Waals surface area contributed by atoms with Gasteiger partial charge in [-0.1, -0.05) is 19.9 Å². The minimum absolute atomic E-state index is 0. The van der Waals surface area contributed by atoms with E-state index >= 15 is 0 Å². The van der Waals surface area contributed by atoms with Gasteiger partial charge in [-0.05, 0) is 47.7 Å². The third-order valence-electron chi connectivity index (χ3n) is 5.64. The van der Waals surface area contributed by atoms with Gasteiger partial charge in [-0.2, -0.15) is 0 Å². The Morgan fingerprint density at radius 3 is 2.93 bits per heavy atom. The third-order valence-corrected chi connectivity index (χ3v) is 5.64. The summed E-state index contributed by atoms with van der Waals surface area (Å²) in [5.41, 5.74) is 5.42. The zero-order valence-electron chi connectivity index (χ0n) is 17.1. The second-order valence-electron chi connectivity index (χ2n) is 7.89. The maximum Gasteiger partial charge on any atom is 0.227 e. The van der Waals surface area contributed by atoms with Gasteiger partial charge in [-0.15, -0.1) is 12.4 Å². The number of rotatable bonds is 4. The van der Waals surface area contributed by atoms with Crippen LogP contribution in [-0.2, 0) is 11.2 Å². The van der Waals surface area contributed by atoms with Crippen molar-refractivity contribution in [3.05, 3.63) is 65.2 Å². The molecule has 154 valence electrons. The normalized spacial score (nSPS) is 16.8. The molecule has 1 atom stereocenters. The summed E-state index contributed by atoms with van der Waals surface area (Å²) in [7, 11) is 0. The SMILES string of the molecule is Cc1cc2occ(CC(=O)N3CCNCC3c3cccnc3)c2cc1C(C)C.Cl. The third kappa shape index (κ3) is 4.31. The lowest BCUT2D eigenvalue weighted by Gasteiger charge is -2.36. The number of aryl methyl sites for hydroxylation is 1. The van der Waals surface area contributed by atoms with Gasteiger partial charge in [-0.25, -0.2) is 0 Å². The quantitative estimate of drug-likeness (QED) is 0.688. The van der Waals surface area contributed by atoms with E-state index in [9.17, 15) is 4.79 Å². The Balaban J connectivity index is 0.00000240. The number of amides is 1. The lowest BCUT2D eigenvalue weighted by Crippen LogP contribution is -2.49. The molecule has 1 aliphatic heterocycles. The smallest absolute Gasteiger partial charge is 0.227 e. The van der Waals surface area contributed by atoms with Gasteiger partial charge in [0.1, 0.15) is 5.58 Å². The zero-order chi connectivity index (χ0) is 19.7. The molecule has 3 aromatic rings. The first kappa shape index (κ1) is 21.3. The van der Waals surface area contributed by atoms with Crippen LogP contribution in [0.2, 0.25) is 0 Å². The molecule has 5 nitrogen and oxygen atoms in total. The van der Waals surface area contributed by atoms with Crippen molar-refractivity contribution in [1.82, 2.24) is 15.2 Å². The maximum absolute atomic E-state index is 13.2. The molecule has 1 aromatic carbocycles. The van der Waals surface area contributed by atoms with E-state index in [0.29, 0.717) is 18.9 Å². The van der Waals surface area contributed by atoms with E-state index in [1.807, 2.05) is 23.2 Å². The van der Waals surface area contributed by atoms with Crippen LogP contribution >= 0.6 is 12.4 Å². The van der Waals surface area contributed by atoms with Gasteiger partial charge in [0, 0.05) is 43.0 Å². The van der Waals surface area contributed by atoms with Crippen LogP contribution in [0, 0.1) is 6.92 Å². The highest BCUT2D eigenvalue weighted by atomic mass is 35.5. The first-order valence-electron chi connectivity index (χ1n) is 9.95. The van der Waals surface area contributed by atoms with Gasteiger partial charge in [0.15, 0.2) is 0 Å². The van der Waals surface area contributed by atoms with Crippen molar-refractivity contribution in [2.45, 2.75) is 39.2 Å². The molecule has 1 N–H and O–H groups in total. The first-order valence-corrected chi connectivity index (χ1v) is 9.95. The maximum atomic E-state index is 13.2. The number of hydrogen-bond donors (Lipinski definition) is 1. The molecule has 1 saturated heterocycles. The molecular formula is C23H28ClN3O2. The Labute approximate surface area is 177 Å². The molecule has 6 heteroatoms. The monoisotopic (exact) mass is 413 g/mol. The molecule has 29 heavy (non-hydrogen) atoms. The van der Waals surface area contributed by atoms with Gasteiger partial charge >= 0.3 is 0 Å². The molecule has 0 spiro atoms. The summed E-state index contributed by atoms with van der Waals surface area (Å²) in [5, 5.41) is 4.44. The van der Waals surface area contributed by atoms with Crippen LogP contribution in [0.4, 0.5) is 0 Å². The Morgan fingerprint density at radius 1 is 1.38 bits per heavy atom. The lowest BCUT2D eigenvalue weighted by molar-refractivity contribution is -0.133. The number of hydrogen-bond acceptors (Lipinski definition) is 4. The number of piperazine rings is 1. The fourth-order valence-electron chi connectivity index (χ4n) is 4.14. The van der Waals surface area contributed by atoms with Crippen molar-refractivity contribution in [2.24, 2.45) is 0 Å². The Kier molecular flexibility index (Phi) is 6.60. The summed E-state index contributed by atoms with van der Waals surface area (Å²) in [6, 6.07) is 8.25. The topological polar surface area (TPSA) is 58.4 Å². The fourth-order valence-corrected chi connectivity index (χ4v) is 4.14. The van der Waals surface area contributed by atoms with Crippen molar-refractivity contribution in [3.63, 3.8) is 0 Å². The molecule has 0 radical (unpaired) electrons. The lowest BCUT2D eigenvalue weighted by atomic mass is 9.95. The van der Waals surface area contributed by atoms with Gasteiger partial charge in [0.05, 0.1) is 18.7 Å². The van der Waals surface area contributed by atoms with E-state index in [0.717, 1.165) is 35.2 Å². The van der Waals surface area contributed by atoms with Crippen molar-refractivity contribution in [3.8, 4) is 0 Å².